The first-order valence-electron chi connectivity index (χ1n) is 5.60. The third kappa shape index (κ3) is 4.22. The number of rotatable bonds is 6. The SMILES string of the molecule is CCCSc1ccc(C(C)NCC)nc1. The average molecular weight is 224 g/mol. The van der Waals surface area contributed by atoms with Gasteiger partial charge in [-0.25, -0.2) is 0 Å². The first-order valence-corrected chi connectivity index (χ1v) is 6.58. The first kappa shape index (κ1) is 12.5. The van der Waals surface area contributed by atoms with Gasteiger partial charge in [0.2, 0.25) is 0 Å². The predicted molar refractivity (Wildman–Crippen MR) is 67.3 cm³/mol. The highest BCUT2D eigenvalue weighted by atomic mass is 32.2. The summed E-state index contributed by atoms with van der Waals surface area (Å²) in [4.78, 5) is 5.73. The lowest BCUT2D eigenvalue weighted by molar-refractivity contribution is 0.582. The summed E-state index contributed by atoms with van der Waals surface area (Å²) in [6.45, 7) is 7.43. The Morgan fingerprint density at radius 1 is 1.40 bits per heavy atom. The molecule has 1 rings (SSSR count). The molecule has 0 radical (unpaired) electrons. The molecule has 0 amide bonds. The van der Waals surface area contributed by atoms with Gasteiger partial charge in [0.15, 0.2) is 0 Å². The molecule has 0 spiro atoms. The van der Waals surface area contributed by atoms with Crippen molar-refractivity contribution in [3.8, 4) is 0 Å². The zero-order valence-corrected chi connectivity index (χ0v) is 10.6. The van der Waals surface area contributed by atoms with Gasteiger partial charge in [-0.05, 0) is 37.8 Å². The van der Waals surface area contributed by atoms with E-state index in [0.29, 0.717) is 6.04 Å². The van der Waals surface area contributed by atoms with Crippen molar-refractivity contribution in [1.82, 2.24) is 10.3 Å². The van der Waals surface area contributed by atoms with Crippen LogP contribution in [0, 0.1) is 0 Å². The Labute approximate surface area is 96.9 Å². The van der Waals surface area contributed by atoms with Crippen molar-refractivity contribution in [2.45, 2.75) is 38.1 Å². The van der Waals surface area contributed by atoms with Crippen molar-refractivity contribution < 1.29 is 0 Å². The second-order valence-corrected chi connectivity index (χ2v) is 4.71. The van der Waals surface area contributed by atoms with Gasteiger partial charge in [-0.3, -0.25) is 4.98 Å². The van der Waals surface area contributed by atoms with Gasteiger partial charge in [0.05, 0.1) is 5.69 Å². The quantitative estimate of drug-likeness (QED) is 0.751. The molecule has 3 heteroatoms. The van der Waals surface area contributed by atoms with Gasteiger partial charge in [0.1, 0.15) is 0 Å². The highest BCUT2D eigenvalue weighted by Crippen LogP contribution is 2.19. The fourth-order valence-corrected chi connectivity index (χ4v) is 2.10. The minimum Gasteiger partial charge on any atom is -0.309 e. The van der Waals surface area contributed by atoms with E-state index < -0.39 is 0 Å². The molecule has 1 unspecified atom stereocenters. The monoisotopic (exact) mass is 224 g/mol. The second-order valence-electron chi connectivity index (χ2n) is 3.55. The third-order valence-corrected chi connectivity index (χ3v) is 3.37. The highest BCUT2D eigenvalue weighted by Gasteiger charge is 2.04. The fraction of sp³-hybridized carbons (Fsp3) is 0.583. The first-order chi connectivity index (χ1) is 7.27. The molecule has 1 aromatic heterocycles. The molecule has 1 heterocycles. The summed E-state index contributed by atoms with van der Waals surface area (Å²) < 4.78 is 0. The van der Waals surface area contributed by atoms with Gasteiger partial charge in [-0.2, -0.15) is 0 Å². The van der Waals surface area contributed by atoms with E-state index >= 15 is 0 Å². The summed E-state index contributed by atoms with van der Waals surface area (Å²) in [7, 11) is 0. The fourth-order valence-electron chi connectivity index (χ4n) is 1.36. The molecule has 0 bridgehead atoms. The van der Waals surface area contributed by atoms with Gasteiger partial charge in [-0.15, -0.1) is 11.8 Å². The lowest BCUT2D eigenvalue weighted by Crippen LogP contribution is -2.18. The van der Waals surface area contributed by atoms with Crippen LogP contribution in [0.4, 0.5) is 0 Å². The lowest BCUT2D eigenvalue weighted by atomic mass is 10.2. The van der Waals surface area contributed by atoms with Crippen LogP contribution in [0.3, 0.4) is 0 Å². The van der Waals surface area contributed by atoms with Gasteiger partial charge < -0.3 is 5.32 Å². The Balaban J connectivity index is 2.55. The topological polar surface area (TPSA) is 24.9 Å². The van der Waals surface area contributed by atoms with Crippen LogP contribution in [0.2, 0.25) is 0 Å². The number of aromatic nitrogens is 1. The van der Waals surface area contributed by atoms with E-state index in [0.717, 1.165) is 12.2 Å². The minimum atomic E-state index is 0.347. The van der Waals surface area contributed by atoms with Crippen LogP contribution in [0.5, 0.6) is 0 Å². The van der Waals surface area contributed by atoms with Crippen LogP contribution in [0.1, 0.15) is 38.9 Å². The molecular formula is C12H20N2S. The molecular weight excluding hydrogens is 204 g/mol. The van der Waals surface area contributed by atoms with Crippen LogP contribution in [0.25, 0.3) is 0 Å². The van der Waals surface area contributed by atoms with E-state index in [1.807, 2.05) is 18.0 Å². The molecule has 84 valence electrons. The third-order valence-electron chi connectivity index (χ3n) is 2.19. The lowest BCUT2D eigenvalue weighted by Gasteiger charge is -2.11. The molecule has 0 aliphatic carbocycles. The summed E-state index contributed by atoms with van der Waals surface area (Å²) >= 11 is 1.87. The van der Waals surface area contributed by atoms with Crippen molar-refractivity contribution in [1.29, 1.82) is 0 Å². The standard InChI is InChI=1S/C12H20N2S/c1-4-8-15-11-6-7-12(14-9-11)10(3)13-5-2/h6-7,9-10,13H,4-5,8H2,1-3H3. The molecule has 0 fully saturated rings. The summed E-state index contributed by atoms with van der Waals surface area (Å²) in [5, 5.41) is 3.36. The van der Waals surface area contributed by atoms with Crippen molar-refractivity contribution in [2.75, 3.05) is 12.3 Å². The zero-order valence-electron chi connectivity index (χ0n) is 9.79. The summed E-state index contributed by atoms with van der Waals surface area (Å²) in [6.07, 6.45) is 3.18. The Morgan fingerprint density at radius 2 is 2.20 bits per heavy atom. The molecule has 15 heavy (non-hydrogen) atoms. The number of thioether (sulfide) groups is 1. The van der Waals surface area contributed by atoms with E-state index in [1.54, 1.807) is 0 Å². The summed E-state index contributed by atoms with van der Waals surface area (Å²) in [5.74, 6) is 1.17. The van der Waals surface area contributed by atoms with Crippen molar-refractivity contribution in [3.05, 3.63) is 24.0 Å². The Bertz CT molecular complexity index is 271. The van der Waals surface area contributed by atoms with Crippen LogP contribution in [-0.2, 0) is 0 Å². The highest BCUT2D eigenvalue weighted by molar-refractivity contribution is 7.99. The number of hydrogen-bond acceptors (Lipinski definition) is 3. The maximum Gasteiger partial charge on any atom is 0.0571 e. The maximum atomic E-state index is 4.47. The molecule has 0 aliphatic rings. The Morgan fingerprint density at radius 3 is 2.73 bits per heavy atom. The van der Waals surface area contributed by atoms with Crippen molar-refractivity contribution >= 4 is 11.8 Å². The smallest absolute Gasteiger partial charge is 0.0571 e. The molecule has 0 aliphatic heterocycles. The normalized spacial score (nSPS) is 12.7. The zero-order chi connectivity index (χ0) is 11.1. The maximum absolute atomic E-state index is 4.47. The molecule has 1 atom stereocenters. The van der Waals surface area contributed by atoms with Crippen molar-refractivity contribution in [3.63, 3.8) is 0 Å². The van der Waals surface area contributed by atoms with E-state index in [1.165, 1.54) is 17.1 Å². The number of nitrogens with one attached hydrogen (secondary N) is 1. The second kappa shape index (κ2) is 6.85. The summed E-state index contributed by atoms with van der Waals surface area (Å²) in [5.41, 5.74) is 1.12. The summed E-state index contributed by atoms with van der Waals surface area (Å²) in [6, 6.07) is 4.63. The van der Waals surface area contributed by atoms with Gasteiger partial charge >= 0.3 is 0 Å². The van der Waals surface area contributed by atoms with Crippen LogP contribution in [0.15, 0.2) is 23.2 Å². The number of pyridine rings is 1. The minimum absolute atomic E-state index is 0.347. The molecule has 1 N–H and O–H groups in total. The van der Waals surface area contributed by atoms with Crippen molar-refractivity contribution in [2.24, 2.45) is 0 Å². The predicted octanol–water partition coefficient (Wildman–Crippen LogP) is 3.25. The van der Waals surface area contributed by atoms with Gasteiger partial charge in [0, 0.05) is 17.1 Å². The van der Waals surface area contributed by atoms with Gasteiger partial charge in [0.25, 0.3) is 0 Å². The van der Waals surface area contributed by atoms with Crippen LogP contribution >= 0.6 is 11.8 Å². The Hall–Kier alpha value is -0.540. The van der Waals surface area contributed by atoms with E-state index in [-0.39, 0.29) is 0 Å². The van der Waals surface area contributed by atoms with E-state index in [9.17, 15) is 0 Å². The molecule has 1 aromatic rings. The van der Waals surface area contributed by atoms with Crippen LogP contribution < -0.4 is 5.32 Å². The Kier molecular flexibility index (Phi) is 5.73. The molecule has 0 saturated heterocycles. The number of hydrogen-bond donors (Lipinski definition) is 1. The van der Waals surface area contributed by atoms with E-state index in [4.69, 9.17) is 0 Å². The average Bonchev–Trinajstić information content (AvgIpc) is 2.27. The molecule has 2 nitrogen and oxygen atoms in total. The number of nitrogens with zero attached hydrogens (tertiary/aromatic N) is 1. The molecule has 0 aromatic carbocycles. The van der Waals surface area contributed by atoms with Crippen LogP contribution in [-0.4, -0.2) is 17.3 Å². The molecule has 0 saturated carbocycles. The largest absolute Gasteiger partial charge is 0.309 e. The van der Waals surface area contributed by atoms with E-state index in [2.05, 4.69) is 43.2 Å². The van der Waals surface area contributed by atoms with Gasteiger partial charge in [-0.1, -0.05) is 13.8 Å².